The van der Waals surface area contributed by atoms with Crippen LogP contribution in [0.2, 0.25) is 0 Å². The lowest BCUT2D eigenvalue weighted by Gasteiger charge is -1.94. The molecule has 0 radical (unpaired) electrons. The van der Waals surface area contributed by atoms with Crippen molar-refractivity contribution in [2.45, 2.75) is 0 Å². The summed E-state index contributed by atoms with van der Waals surface area (Å²) in [6, 6.07) is 1.73. The van der Waals surface area contributed by atoms with Gasteiger partial charge in [0.25, 0.3) is 0 Å². The van der Waals surface area contributed by atoms with Crippen molar-refractivity contribution in [3.8, 4) is 0 Å². The highest BCUT2D eigenvalue weighted by molar-refractivity contribution is 5.33. The van der Waals surface area contributed by atoms with Gasteiger partial charge in [-0.05, 0) is 6.07 Å². The second kappa shape index (κ2) is 1.91. The van der Waals surface area contributed by atoms with Crippen LogP contribution in [0.1, 0.15) is 0 Å². The number of hydrogen-bond acceptors (Lipinski definition) is 3. The summed E-state index contributed by atoms with van der Waals surface area (Å²) in [7, 11) is 1.68. The Kier molecular flexibility index (Phi) is 1.06. The summed E-state index contributed by atoms with van der Waals surface area (Å²) in [4.78, 5) is 11.2. The molecule has 0 aliphatic rings. The molecule has 0 saturated heterocycles. The van der Waals surface area contributed by atoms with Crippen LogP contribution >= 0.6 is 0 Å². The fourth-order valence-corrected chi connectivity index (χ4v) is 0.917. The van der Waals surface area contributed by atoms with Crippen molar-refractivity contribution in [3.05, 3.63) is 29.1 Å². The number of aryl methyl sites for hydroxylation is 1. The lowest BCUT2D eigenvalue weighted by molar-refractivity contribution is 0.788. The average Bonchev–Trinajstić information content (AvgIpc) is 2.45. The molecule has 0 saturated carbocycles. The van der Waals surface area contributed by atoms with E-state index in [9.17, 15) is 4.79 Å². The van der Waals surface area contributed by atoms with Gasteiger partial charge in [-0.3, -0.25) is 0 Å². The van der Waals surface area contributed by atoms with Gasteiger partial charge in [-0.1, -0.05) is 0 Å². The minimum atomic E-state index is -0.132. The highest BCUT2D eigenvalue weighted by Crippen LogP contribution is 1.89. The molecule has 2 aromatic rings. The monoisotopic (exact) mass is 150 g/mol. The van der Waals surface area contributed by atoms with E-state index in [1.165, 1.54) is 15.3 Å². The Labute approximate surface area is 61.9 Å². The van der Waals surface area contributed by atoms with Crippen LogP contribution in [0.5, 0.6) is 0 Å². The summed E-state index contributed by atoms with van der Waals surface area (Å²) < 4.78 is 2.86. The predicted molar refractivity (Wildman–Crippen MR) is 38.2 cm³/mol. The first kappa shape index (κ1) is 6.09. The molecule has 5 heteroatoms. The van der Waals surface area contributed by atoms with Crippen molar-refractivity contribution in [2.24, 2.45) is 7.05 Å². The Morgan fingerprint density at radius 1 is 1.55 bits per heavy atom. The Bertz CT molecular complexity index is 441. The van der Waals surface area contributed by atoms with Crippen molar-refractivity contribution in [3.63, 3.8) is 0 Å². The molecule has 2 rings (SSSR count). The number of aromatic nitrogens is 4. The summed E-state index contributed by atoms with van der Waals surface area (Å²) in [5.41, 5.74) is 0.445. The largest absolute Gasteiger partial charge is 0.334 e. The molecule has 2 heterocycles. The first-order valence-corrected chi connectivity index (χ1v) is 3.14. The van der Waals surface area contributed by atoms with Crippen LogP contribution in [-0.2, 0) is 7.05 Å². The zero-order chi connectivity index (χ0) is 7.84. The van der Waals surface area contributed by atoms with Crippen molar-refractivity contribution >= 4 is 5.65 Å². The molecule has 0 amide bonds. The highest BCUT2D eigenvalue weighted by atomic mass is 16.1. The molecule has 0 spiro atoms. The van der Waals surface area contributed by atoms with E-state index in [2.05, 4.69) is 10.2 Å². The van der Waals surface area contributed by atoms with E-state index in [4.69, 9.17) is 0 Å². The van der Waals surface area contributed by atoms with E-state index in [0.29, 0.717) is 5.65 Å². The van der Waals surface area contributed by atoms with E-state index in [0.717, 1.165) is 0 Å². The molecular weight excluding hydrogens is 144 g/mol. The third-order valence-corrected chi connectivity index (χ3v) is 1.53. The molecule has 0 unspecified atom stereocenters. The van der Waals surface area contributed by atoms with Gasteiger partial charge in [0.1, 0.15) is 6.33 Å². The van der Waals surface area contributed by atoms with E-state index in [1.54, 1.807) is 19.3 Å². The van der Waals surface area contributed by atoms with Crippen molar-refractivity contribution < 1.29 is 0 Å². The van der Waals surface area contributed by atoms with Crippen molar-refractivity contribution in [2.75, 3.05) is 0 Å². The van der Waals surface area contributed by atoms with Crippen molar-refractivity contribution in [1.82, 2.24) is 19.2 Å². The first-order chi connectivity index (χ1) is 5.29. The van der Waals surface area contributed by atoms with Gasteiger partial charge in [0, 0.05) is 13.2 Å². The van der Waals surface area contributed by atoms with Crippen LogP contribution in [0, 0.1) is 0 Å². The van der Waals surface area contributed by atoms with Crippen LogP contribution < -0.4 is 5.69 Å². The SMILES string of the molecule is Cn1ccc2nncn2c1=O. The normalized spacial score (nSPS) is 10.6. The van der Waals surface area contributed by atoms with E-state index in [-0.39, 0.29) is 5.69 Å². The molecule has 0 aliphatic carbocycles. The molecule has 5 nitrogen and oxygen atoms in total. The van der Waals surface area contributed by atoms with Crippen LogP contribution in [0.15, 0.2) is 23.4 Å². The quantitative estimate of drug-likeness (QED) is 0.505. The lowest BCUT2D eigenvalue weighted by atomic mass is 10.6. The molecule has 0 fully saturated rings. The van der Waals surface area contributed by atoms with Gasteiger partial charge in [-0.2, -0.15) is 0 Å². The van der Waals surface area contributed by atoms with Gasteiger partial charge in [0.05, 0.1) is 0 Å². The lowest BCUT2D eigenvalue weighted by Crippen LogP contribution is -2.22. The number of hydrogen-bond donors (Lipinski definition) is 0. The third kappa shape index (κ3) is 0.739. The predicted octanol–water partition coefficient (Wildman–Crippen LogP) is -0.572. The molecule has 0 atom stereocenters. The molecular formula is C6H6N4O. The first-order valence-electron chi connectivity index (χ1n) is 3.14. The van der Waals surface area contributed by atoms with Gasteiger partial charge < -0.3 is 4.57 Å². The van der Waals surface area contributed by atoms with Gasteiger partial charge in [-0.15, -0.1) is 10.2 Å². The minimum Gasteiger partial charge on any atom is -0.303 e. The van der Waals surface area contributed by atoms with Crippen LogP contribution in [0.4, 0.5) is 0 Å². The minimum absolute atomic E-state index is 0.132. The standard InChI is InChI=1S/C6H6N4O/c1-9-3-2-5-8-7-4-10(5)6(9)11/h2-4H,1H3. The fourth-order valence-electron chi connectivity index (χ4n) is 0.917. The van der Waals surface area contributed by atoms with Gasteiger partial charge in [0.15, 0.2) is 5.65 Å². The Hall–Kier alpha value is -1.65. The summed E-state index contributed by atoms with van der Waals surface area (Å²) in [6.07, 6.45) is 3.06. The Morgan fingerprint density at radius 3 is 3.18 bits per heavy atom. The summed E-state index contributed by atoms with van der Waals surface area (Å²) in [5, 5.41) is 7.32. The molecule has 0 aromatic carbocycles. The van der Waals surface area contributed by atoms with Gasteiger partial charge in [-0.25, -0.2) is 9.20 Å². The van der Waals surface area contributed by atoms with E-state index in [1.807, 2.05) is 0 Å². The topological polar surface area (TPSA) is 52.2 Å². The van der Waals surface area contributed by atoms with Crippen molar-refractivity contribution in [1.29, 1.82) is 0 Å². The second-order valence-electron chi connectivity index (χ2n) is 2.27. The maximum Gasteiger partial charge on any atom is 0.334 e. The molecule has 11 heavy (non-hydrogen) atoms. The molecule has 56 valence electrons. The van der Waals surface area contributed by atoms with E-state index < -0.39 is 0 Å². The molecule has 0 aliphatic heterocycles. The Balaban J connectivity index is 3.05. The second-order valence-corrected chi connectivity index (χ2v) is 2.27. The summed E-state index contributed by atoms with van der Waals surface area (Å²) in [5.74, 6) is 0. The van der Waals surface area contributed by atoms with Gasteiger partial charge >= 0.3 is 5.69 Å². The smallest absolute Gasteiger partial charge is 0.303 e. The molecule has 0 N–H and O–H groups in total. The summed E-state index contributed by atoms with van der Waals surface area (Å²) in [6.45, 7) is 0. The highest BCUT2D eigenvalue weighted by Gasteiger charge is 1.97. The average molecular weight is 150 g/mol. The zero-order valence-corrected chi connectivity index (χ0v) is 5.93. The Morgan fingerprint density at radius 2 is 2.36 bits per heavy atom. The van der Waals surface area contributed by atoms with Gasteiger partial charge in [0.2, 0.25) is 0 Å². The fraction of sp³-hybridized carbons (Fsp3) is 0.167. The molecule has 2 aromatic heterocycles. The maximum atomic E-state index is 11.2. The summed E-state index contributed by atoms with van der Waals surface area (Å²) >= 11 is 0. The number of fused-ring (bicyclic) bond motifs is 1. The zero-order valence-electron chi connectivity index (χ0n) is 5.93. The third-order valence-electron chi connectivity index (χ3n) is 1.53. The van der Waals surface area contributed by atoms with Crippen LogP contribution in [0.25, 0.3) is 5.65 Å². The van der Waals surface area contributed by atoms with Crippen LogP contribution in [0.3, 0.4) is 0 Å². The van der Waals surface area contributed by atoms with Crippen LogP contribution in [-0.4, -0.2) is 19.2 Å². The van der Waals surface area contributed by atoms with E-state index >= 15 is 0 Å². The molecule has 0 bridgehead atoms. The number of rotatable bonds is 0. The number of nitrogens with zero attached hydrogens (tertiary/aromatic N) is 4. The maximum absolute atomic E-state index is 11.2.